The number of rotatable bonds is 1. The minimum Gasteiger partial charge on any atom is -0.287 e. The average Bonchev–Trinajstić information content (AvgIpc) is 1.98. The largest absolute Gasteiger partial charge is 0.287 e. The third-order valence-electron chi connectivity index (χ3n) is 2.46. The van der Waals surface area contributed by atoms with Gasteiger partial charge in [-0.2, -0.15) is 0 Å². The molecule has 1 aliphatic heterocycles. The molecular weight excluding hydrogens is 134 g/mol. The van der Waals surface area contributed by atoms with Crippen molar-refractivity contribution in [2.75, 3.05) is 0 Å². The summed E-state index contributed by atoms with van der Waals surface area (Å²) in [7, 11) is 0. The highest BCUT2D eigenvalue weighted by molar-refractivity contribution is 5.71. The van der Waals surface area contributed by atoms with Crippen molar-refractivity contribution in [3.63, 3.8) is 0 Å². The van der Waals surface area contributed by atoms with E-state index in [0.717, 1.165) is 6.42 Å². The fraction of sp³-hybridized carbons (Fsp3) is 0.700. The van der Waals surface area contributed by atoms with Crippen LogP contribution in [0.15, 0.2) is 17.1 Å². The quantitative estimate of drug-likeness (QED) is 0.546. The van der Waals surface area contributed by atoms with Crippen LogP contribution in [-0.2, 0) is 0 Å². The van der Waals surface area contributed by atoms with Crippen molar-refractivity contribution >= 4 is 6.21 Å². The summed E-state index contributed by atoms with van der Waals surface area (Å²) in [5, 5.41) is 0. The molecule has 0 aromatic rings. The molecule has 1 unspecified atom stereocenters. The van der Waals surface area contributed by atoms with E-state index in [1.807, 2.05) is 6.21 Å². The zero-order valence-electron chi connectivity index (χ0n) is 7.51. The third kappa shape index (κ3) is 2.49. The SMILES string of the molecule is CCC1(C)CCC/C=C/C=N1. The molecule has 0 aromatic carbocycles. The van der Waals surface area contributed by atoms with E-state index in [1.165, 1.54) is 19.3 Å². The smallest absolute Gasteiger partial charge is 0.0577 e. The first-order chi connectivity index (χ1) is 5.27. The molecule has 62 valence electrons. The van der Waals surface area contributed by atoms with Gasteiger partial charge in [0.2, 0.25) is 0 Å². The highest BCUT2D eigenvalue weighted by Crippen LogP contribution is 2.23. The lowest BCUT2D eigenvalue weighted by atomic mass is 9.92. The summed E-state index contributed by atoms with van der Waals surface area (Å²) in [5.41, 5.74) is 0.213. The van der Waals surface area contributed by atoms with Crippen LogP contribution in [0.25, 0.3) is 0 Å². The van der Waals surface area contributed by atoms with Crippen molar-refractivity contribution in [2.45, 2.75) is 45.1 Å². The number of aliphatic imine (C=N–C) groups is 1. The van der Waals surface area contributed by atoms with Gasteiger partial charge in [0.1, 0.15) is 0 Å². The van der Waals surface area contributed by atoms with E-state index in [-0.39, 0.29) is 5.54 Å². The summed E-state index contributed by atoms with van der Waals surface area (Å²) < 4.78 is 0. The molecule has 0 aliphatic carbocycles. The van der Waals surface area contributed by atoms with Crippen molar-refractivity contribution in [3.05, 3.63) is 12.2 Å². The van der Waals surface area contributed by atoms with Crippen molar-refractivity contribution in [1.29, 1.82) is 0 Å². The predicted octanol–water partition coefficient (Wildman–Crippen LogP) is 2.97. The summed E-state index contributed by atoms with van der Waals surface area (Å²) in [4.78, 5) is 4.52. The molecule has 1 rings (SSSR count). The normalized spacial score (nSPS) is 34.4. The summed E-state index contributed by atoms with van der Waals surface area (Å²) in [6, 6.07) is 0. The summed E-state index contributed by atoms with van der Waals surface area (Å²) >= 11 is 0. The molecule has 0 saturated heterocycles. The van der Waals surface area contributed by atoms with Crippen molar-refractivity contribution in [2.24, 2.45) is 4.99 Å². The molecule has 1 nitrogen and oxygen atoms in total. The third-order valence-corrected chi connectivity index (χ3v) is 2.46. The maximum absolute atomic E-state index is 4.52. The van der Waals surface area contributed by atoms with Crippen molar-refractivity contribution < 1.29 is 0 Å². The maximum atomic E-state index is 4.52. The number of nitrogens with zero attached hydrogens (tertiary/aromatic N) is 1. The van der Waals surface area contributed by atoms with Gasteiger partial charge in [-0.1, -0.05) is 13.0 Å². The Labute approximate surface area is 69.2 Å². The molecule has 0 aromatic heterocycles. The van der Waals surface area contributed by atoms with Gasteiger partial charge in [0, 0.05) is 6.21 Å². The Morgan fingerprint density at radius 3 is 3.09 bits per heavy atom. The van der Waals surface area contributed by atoms with Crippen LogP contribution >= 0.6 is 0 Å². The van der Waals surface area contributed by atoms with Gasteiger partial charge in [0.15, 0.2) is 0 Å². The molecule has 1 atom stereocenters. The molecule has 0 spiro atoms. The Kier molecular flexibility index (Phi) is 2.86. The fourth-order valence-corrected chi connectivity index (χ4v) is 1.31. The second kappa shape index (κ2) is 3.70. The highest BCUT2D eigenvalue weighted by Gasteiger charge is 2.18. The van der Waals surface area contributed by atoms with E-state index in [4.69, 9.17) is 0 Å². The van der Waals surface area contributed by atoms with E-state index in [9.17, 15) is 0 Å². The molecular formula is C10H17N. The van der Waals surface area contributed by atoms with Crippen LogP contribution in [0.4, 0.5) is 0 Å². The summed E-state index contributed by atoms with van der Waals surface area (Å²) in [6.07, 6.45) is 11.1. The Hall–Kier alpha value is -0.590. The number of allylic oxidation sites excluding steroid dienone is 2. The van der Waals surface area contributed by atoms with Gasteiger partial charge < -0.3 is 0 Å². The van der Waals surface area contributed by atoms with Crippen LogP contribution in [0.1, 0.15) is 39.5 Å². The van der Waals surface area contributed by atoms with E-state index < -0.39 is 0 Å². The fourth-order valence-electron chi connectivity index (χ4n) is 1.31. The standard InChI is InChI=1S/C10H17N/c1-3-10(2)8-6-4-5-7-9-11-10/h5,7,9H,3-4,6,8H2,1-2H3/b7-5+,11-9?. The molecule has 1 heteroatoms. The van der Waals surface area contributed by atoms with Crippen LogP contribution in [0, 0.1) is 0 Å². The molecule has 1 heterocycles. The monoisotopic (exact) mass is 151 g/mol. The highest BCUT2D eigenvalue weighted by atomic mass is 14.8. The van der Waals surface area contributed by atoms with E-state index in [1.54, 1.807) is 0 Å². The molecule has 0 fully saturated rings. The van der Waals surface area contributed by atoms with Gasteiger partial charge in [-0.05, 0) is 38.7 Å². The minimum absolute atomic E-state index is 0.213. The number of hydrogen-bond donors (Lipinski definition) is 0. The predicted molar refractivity (Wildman–Crippen MR) is 50.2 cm³/mol. The van der Waals surface area contributed by atoms with Gasteiger partial charge in [-0.15, -0.1) is 0 Å². The van der Waals surface area contributed by atoms with Crippen LogP contribution in [-0.4, -0.2) is 11.8 Å². The van der Waals surface area contributed by atoms with Gasteiger partial charge in [0.05, 0.1) is 5.54 Å². The Balaban J connectivity index is 2.64. The molecule has 11 heavy (non-hydrogen) atoms. The second-order valence-electron chi connectivity index (χ2n) is 3.45. The van der Waals surface area contributed by atoms with Gasteiger partial charge in [0.25, 0.3) is 0 Å². The Morgan fingerprint density at radius 1 is 1.55 bits per heavy atom. The van der Waals surface area contributed by atoms with Crippen LogP contribution in [0.2, 0.25) is 0 Å². The molecule has 0 bridgehead atoms. The lowest BCUT2D eigenvalue weighted by Gasteiger charge is -2.23. The first kappa shape index (κ1) is 8.51. The first-order valence-electron chi connectivity index (χ1n) is 4.47. The van der Waals surface area contributed by atoms with Crippen molar-refractivity contribution in [3.8, 4) is 0 Å². The summed E-state index contributed by atoms with van der Waals surface area (Å²) in [5.74, 6) is 0. The molecule has 0 radical (unpaired) electrons. The average molecular weight is 151 g/mol. The van der Waals surface area contributed by atoms with E-state index >= 15 is 0 Å². The van der Waals surface area contributed by atoms with Gasteiger partial charge >= 0.3 is 0 Å². The molecule has 0 saturated carbocycles. The number of hydrogen-bond acceptors (Lipinski definition) is 1. The topological polar surface area (TPSA) is 12.4 Å². The Bertz CT molecular complexity index is 170. The zero-order valence-corrected chi connectivity index (χ0v) is 7.51. The van der Waals surface area contributed by atoms with Crippen molar-refractivity contribution in [1.82, 2.24) is 0 Å². The van der Waals surface area contributed by atoms with E-state index in [2.05, 4.69) is 31.0 Å². The maximum Gasteiger partial charge on any atom is 0.0577 e. The van der Waals surface area contributed by atoms with Gasteiger partial charge in [-0.3, -0.25) is 4.99 Å². The molecule has 0 amide bonds. The van der Waals surface area contributed by atoms with Crippen LogP contribution in [0.5, 0.6) is 0 Å². The first-order valence-corrected chi connectivity index (χ1v) is 4.47. The Morgan fingerprint density at radius 2 is 2.36 bits per heavy atom. The van der Waals surface area contributed by atoms with Gasteiger partial charge in [-0.25, -0.2) is 0 Å². The van der Waals surface area contributed by atoms with Crippen LogP contribution in [0.3, 0.4) is 0 Å². The lowest BCUT2D eigenvalue weighted by Crippen LogP contribution is -2.20. The molecule has 0 N–H and O–H groups in total. The minimum atomic E-state index is 0.213. The van der Waals surface area contributed by atoms with Crippen LogP contribution < -0.4 is 0 Å². The zero-order chi connectivity index (χ0) is 8.16. The molecule has 1 aliphatic rings. The second-order valence-corrected chi connectivity index (χ2v) is 3.45. The van der Waals surface area contributed by atoms with E-state index in [0.29, 0.717) is 0 Å². The summed E-state index contributed by atoms with van der Waals surface area (Å²) in [6.45, 7) is 4.45. The lowest BCUT2D eigenvalue weighted by molar-refractivity contribution is 0.411.